The van der Waals surface area contributed by atoms with Crippen molar-refractivity contribution in [2.75, 3.05) is 0 Å². The van der Waals surface area contributed by atoms with Gasteiger partial charge in [-0.15, -0.1) is 0 Å². The average Bonchev–Trinajstić information content (AvgIpc) is 2.97. The van der Waals surface area contributed by atoms with E-state index in [2.05, 4.69) is 31.2 Å². The molecule has 0 aliphatic heterocycles. The Hall–Kier alpha value is -3.84. The molecule has 1 amide bonds. The third-order valence-corrected chi connectivity index (χ3v) is 9.70. The number of hydrogen-bond donors (Lipinski definition) is 2. The first-order chi connectivity index (χ1) is 20.3. The largest absolute Gasteiger partial charge is 0.379 e. The molecule has 0 unspecified atom stereocenters. The second kappa shape index (κ2) is 13.6. The van der Waals surface area contributed by atoms with E-state index in [0.29, 0.717) is 11.3 Å². The zero-order valence-electron chi connectivity index (χ0n) is 23.6. The Bertz CT molecular complexity index is 1820. The van der Waals surface area contributed by atoms with Crippen LogP contribution < -0.4 is 14.3 Å². The quantitative estimate of drug-likeness (QED) is 0.126. The molecular weight excluding hydrogens is 654 g/mol. The number of carbonyl (C=O) groups excluding carboxylic acids is 1. The summed E-state index contributed by atoms with van der Waals surface area (Å²) in [6, 6.07) is 24.6. The summed E-state index contributed by atoms with van der Waals surface area (Å²) >= 11 is 3.38. The zero-order chi connectivity index (χ0) is 31.2. The van der Waals surface area contributed by atoms with E-state index in [1.807, 2.05) is 38.1 Å². The van der Waals surface area contributed by atoms with Crippen LogP contribution in [0.15, 0.2) is 116 Å². The van der Waals surface area contributed by atoms with E-state index in [-0.39, 0.29) is 22.0 Å². The number of hydrogen-bond acceptors (Lipinski definition) is 7. The molecule has 224 valence electrons. The molecule has 12 heteroatoms. The lowest BCUT2D eigenvalue weighted by Crippen LogP contribution is -2.46. The van der Waals surface area contributed by atoms with Crippen LogP contribution in [-0.4, -0.2) is 34.5 Å². The molecule has 0 aromatic heterocycles. The Kier molecular flexibility index (Phi) is 10.2. The third-order valence-electron chi connectivity index (χ3n) is 6.42. The van der Waals surface area contributed by atoms with E-state index in [9.17, 15) is 21.6 Å². The maximum Gasteiger partial charge on any atom is 0.339 e. The second-order valence-electron chi connectivity index (χ2n) is 9.87. The first-order valence-electron chi connectivity index (χ1n) is 13.1. The number of amides is 1. The van der Waals surface area contributed by atoms with Gasteiger partial charge in [0.15, 0.2) is 0 Å². The van der Waals surface area contributed by atoms with Gasteiger partial charge in [-0.25, -0.2) is 13.8 Å². The van der Waals surface area contributed by atoms with E-state index >= 15 is 0 Å². The van der Waals surface area contributed by atoms with Crippen molar-refractivity contribution >= 4 is 47.7 Å². The summed E-state index contributed by atoms with van der Waals surface area (Å²) in [6.07, 6.45) is -0.0469. The maximum atomic E-state index is 13.3. The van der Waals surface area contributed by atoms with E-state index in [4.69, 9.17) is 4.18 Å². The number of nitrogens with zero attached hydrogens (tertiary/aromatic N) is 1. The van der Waals surface area contributed by atoms with Crippen LogP contribution in [0.3, 0.4) is 0 Å². The molecule has 0 aliphatic carbocycles. The highest BCUT2D eigenvalue weighted by atomic mass is 79.9. The molecule has 0 radical (unpaired) electrons. The fraction of sp³-hybridized carbons (Fsp3) is 0.161. The van der Waals surface area contributed by atoms with Gasteiger partial charge >= 0.3 is 10.1 Å². The predicted octanol–water partition coefficient (Wildman–Crippen LogP) is 5.26. The SMILES string of the molecule is C/C(=N/NC(=O)[C@H](Cc1ccc(OS(=O)(=O)c2ccc(C)cc2)cc1)NS(=O)(=O)c1ccc(C)cc1)c1ccc(Br)cc1. The molecule has 1 atom stereocenters. The molecule has 0 heterocycles. The van der Waals surface area contributed by atoms with Crippen molar-refractivity contribution in [1.82, 2.24) is 10.1 Å². The minimum absolute atomic E-state index is 0.00973. The molecule has 9 nitrogen and oxygen atoms in total. The van der Waals surface area contributed by atoms with Gasteiger partial charge in [0, 0.05) is 4.47 Å². The summed E-state index contributed by atoms with van der Waals surface area (Å²) in [5.41, 5.74) is 6.12. The van der Waals surface area contributed by atoms with Gasteiger partial charge in [0.2, 0.25) is 10.0 Å². The summed E-state index contributed by atoms with van der Waals surface area (Å²) < 4.78 is 60.3. The van der Waals surface area contributed by atoms with E-state index in [0.717, 1.165) is 21.2 Å². The van der Waals surface area contributed by atoms with Gasteiger partial charge in [-0.3, -0.25) is 4.79 Å². The van der Waals surface area contributed by atoms with Gasteiger partial charge in [0.05, 0.1) is 10.6 Å². The van der Waals surface area contributed by atoms with Gasteiger partial charge in [0.1, 0.15) is 16.7 Å². The Morgan fingerprint density at radius 1 is 0.791 bits per heavy atom. The Labute approximate surface area is 260 Å². The maximum absolute atomic E-state index is 13.3. The van der Waals surface area contributed by atoms with Crippen molar-refractivity contribution < 1.29 is 25.8 Å². The van der Waals surface area contributed by atoms with Crippen molar-refractivity contribution in [3.05, 3.63) is 124 Å². The smallest absolute Gasteiger partial charge is 0.339 e. The molecule has 0 saturated carbocycles. The van der Waals surface area contributed by atoms with Crippen molar-refractivity contribution in [2.45, 2.75) is 43.0 Å². The van der Waals surface area contributed by atoms with Crippen LogP contribution in [-0.2, 0) is 31.4 Å². The van der Waals surface area contributed by atoms with Crippen LogP contribution in [0.25, 0.3) is 0 Å². The van der Waals surface area contributed by atoms with E-state index < -0.39 is 32.1 Å². The topological polar surface area (TPSA) is 131 Å². The molecule has 0 aliphatic rings. The van der Waals surface area contributed by atoms with E-state index in [1.54, 1.807) is 43.3 Å². The van der Waals surface area contributed by atoms with Gasteiger partial charge in [-0.05, 0) is 86.8 Å². The number of halogens is 1. The standard InChI is InChI=1S/C31H30BrN3O6S2/c1-21-4-16-28(17-5-21)42(37,38)35-30(31(36)34-33-23(3)25-10-12-26(32)13-11-25)20-24-8-14-27(15-9-24)41-43(39,40)29-18-6-22(2)7-19-29/h4-19,30,35H,20H2,1-3H3,(H,34,36)/b33-23-/t30-/m0/s1. The monoisotopic (exact) mass is 683 g/mol. The Balaban J connectivity index is 1.54. The first kappa shape index (κ1) is 32.1. The van der Waals surface area contributed by atoms with Crippen molar-refractivity contribution in [3.63, 3.8) is 0 Å². The summed E-state index contributed by atoms with van der Waals surface area (Å²) in [4.78, 5) is 13.3. The molecule has 43 heavy (non-hydrogen) atoms. The lowest BCUT2D eigenvalue weighted by atomic mass is 10.1. The molecule has 0 saturated heterocycles. The molecule has 2 N–H and O–H groups in total. The fourth-order valence-electron chi connectivity index (χ4n) is 3.93. The number of benzene rings is 4. The molecule has 4 aromatic rings. The minimum atomic E-state index is -4.07. The number of hydrazone groups is 1. The van der Waals surface area contributed by atoms with Crippen molar-refractivity contribution in [2.24, 2.45) is 5.10 Å². The molecule has 4 rings (SSSR count). The van der Waals surface area contributed by atoms with Gasteiger partial charge < -0.3 is 4.18 Å². The zero-order valence-corrected chi connectivity index (χ0v) is 26.8. The van der Waals surface area contributed by atoms with Crippen LogP contribution >= 0.6 is 15.9 Å². The Morgan fingerprint density at radius 3 is 1.88 bits per heavy atom. The predicted molar refractivity (Wildman–Crippen MR) is 169 cm³/mol. The number of rotatable bonds is 11. The molecule has 0 spiro atoms. The average molecular weight is 685 g/mol. The van der Waals surface area contributed by atoms with Gasteiger partial charge in [-0.2, -0.15) is 18.2 Å². The second-order valence-corrected chi connectivity index (χ2v) is 14.0. The highest BCUT2D eigenvalue weighted by molar-refractivity contribution is 9.10. The van der Waals surface area contributed by atoms with Crippen LogP contribution in [0.2, 0.25) is 0 Å². The highest BCUT2D eigenvalue weighted by Gasteiger charge is 2.26. The van der Waals surface area contributed by atoms with Crippen LogP contribution in [0.1, 0.15) is 29.2 Å². The molecular formula is C31H30BrN3O6S2. The number of aryl methyl sites for hydroxylation is 2. The fourth-order valence-corrected chi connectivity index (χ4v) is 6.32. The first-order valence-corrected chi connectivity index (χ1v) is 16.8. The number of sulfonamides is 1. The van der Waals surface area contributed by atoms with Crippen LogP contribution in [0.4, 0.5) is 0 Å². The van der Waals surface area contributed by atoms with Gasteiger partial charge in [-0.1, -0.05) is 75.6 Å². The lowest BCUT2D eigenvalue weighted by molar-refractivity contribution is -0.122. The summed E-state index contributed by atoms with van der Waals surface area (Å²) in [5.74, 6) is -0.602. The normalized spacial score (nSPS) is 12.9. The molecule has 0 fully saturated rings. The van der Waals surface area contributed by atoms with Gasteiger partial charge in [0.25, 0.3) is 5.91 Å². The third kappa shape index (κ3) is 8.83. The lowest BCUT2D eigenvalue weighted by Gasteiger charge is -2.18. The highest BCUT2D eigenvalue weighted by Crippen LogP contribution is 2.21. The summed E-state index contributed by atoms with van der Waals surface area (Å²) in [5, 5.41) is 4.17. The minimum Gasteiger partial charge on any atom is -0.379 e. The van der Waals surface area contributed by atoms with Crippen LogP contribution in [0.5, 0.6) is 5.75 Å². The molecule has 0 bridgehead atoms. The summed E-state index contributed by atoms with van der Waals surface area (Å²) in [6.45, 7) is 5.41. The van der Waals surface area contributed by atoms with Crippen molar-refractivity contribution in [3.8, 4) is 5.75 Å². The van der Waals surface area contributed by atoms with Crippen molar-refractivity contribution in [1.29, 1.82) is 0 Å². The van der Waals surface area contributed by atoms with Crippen LogP contribution in [0, 0.1) is 13.8 Å². The molecule has 4 aromatic carbocycles. The number of carbonyl (C=O) groups is 1. The summed E-state index contributed by atoms with van der Waals surface area (Å²) in [7, 11) is -8.12. The number of nitrogens with one attached hydrogen (secondary N) is 2. The Morgan fingerprint density at radius 2 is 1.33 bits per heavy atom. The van der Waals surface area contributed by atoms with E-state index in [1.165, 1.54) is 36.4 Å².